The van der Waals surface area contributed by atoms with Crippen molar-refractivity contribution in [1.82, 2.24) is 0 Å². The van der Waals surface area contributed by atoms with Crippen molar-refractivity contribution < 1.29 is 4.42 Å². The van der Waals surface area contributed by atoms with Crippen LogP contribution in [0.1, 0.15) is 5.76 Å². The minimum atomic E-state index is 0.937. The van der Waals surface area contributed by atoms with Gasteiger partial charge in [0.15, 0.2) is 0 Å². The third-order valence-corrected chi connectivity index (χ3v) is 2.36. The van der Waals surface area contributed by atoms with Crippen LogP contribution in [-0.2, 0) is 4.43 Å². The summed E-state index contributed by atoms with van der Waals surface area (Å²) in [5.74, 6) is 1.05. The molecule has 0 radical (unpaired) electrons. The zero-order valence-corrected chi connectivity index (χ0v) is 8.04. The van der Waals surface area contributed by atoms with Gasteiger partial charge in [0.2, 0.25) is 0 Å². The zero-order valence-electron chi connectivity index (χ0n) is 5.88. The second-order valence-corrected chi connectivity index (χ2v) is 3.15. The highest BCUT2D eigenvalue weighted by atomic mass is 127. The molecule has 2 aromatic rings. The lowest BCUT2D eigenvalue weighted by molar-refractivity contribution is 0.577. The highest BCUT2D eigenvalue weighted by Crippen LogP contribution is 2.20. The molecule has 1 aromatic heterocycles. The maximum absolute atomic E-state index is 5.51. The van der Waals surface area contributed by atoms with Crippen LogP contribution in [0.15, 0.2) is 34.7 Å². The van der Waals surface area contributed by atoms with Crippen LogP contribution in [0, 0.1) is 0 Å². The number of alkyl halides is 1. The molecule has 0 saturated heterocycles. The Labute approximate surface area is 78.5 Å². The third kappa shape index (κ3) is 1.27. The van der Waals surface area contributed by atoms with Gasteiger partial charge in [-0.15, -0.1) is 0 Å². The second kappa shape index (κ2) is 2.85. The molecule has 56 valence electrons. The van der Waals surface area contributed by atoms with Crippen molar-refractivity contribution in [2.45, 2.75) is 4.43 Å². The van der Waals surface area contributed by atoms with E-state index in [-0.39, 0.29) is 0 Å². The maximum atomic E-state index is 5.51. The lowest BCUT2D eigenvalue weighted by Gasteiger charge is -1.83. The van der Waals surface area contributed by atoms with Gasteiger partial charge in [0.1, 0.15) is 11.3 Å². The Morgan fingerprint density at radius 1 is 1.27 bits per heavy atom. The lowest BCUT2D eigenvalue weighted by Crippen LogP contribution is -1.62. The number of rotatable bonds is 1. The molecule has 2 rings (SSSR count). The summed E-state index contributed by atoms with van der Waals surface area (Å²) in [5, 5.41) is 1.19. The molecule has 0 aliphatic rings. The van der Waals surface area contributed by atoms with Crippen molar-refractivity contribution in [3.8, 4) is 0 Å². The summed E-state index contributed by atoms with van der Waals surface area (Å²) in [6.45, 7) is 0. The molecular formula is C9H7IO. The normalized spacial score (nSPS) is 10.6. The molecule has 0 bridgehead atoms. The van der Waals surface area contributed by atoms with E-state index in [1.807, 2.05) is 18.2 Å². The molecule has 0 atom stereocenters. The number of fused-ring (bicyclic) bond motifs is 1. The van der Waals surface area contributed by atoms with Crippen LogP contribution >= 0.6 is 22.6 Å². The van der Waals surface area contributed by atoms with Crippen LogP contribution in [0.25, 0.3) is 11.0 Å². The molecule has 1 aromatic carbocycles. The van der Waals surface area contributed by atoms with Crippen molar-refractivity contribution in [2.75, 3.05) is 0 Å². The average molecular weight is 258 g/mol. The molecule has 0 unspecified atom stereocenters. The Bertz CT molecular complexity index is 331. The predicted octanol–water partition coefficient (Wildman–Crippen LogP) is 3.37. The van der Waals surface area contributed by atoms with Crippen LogP contribution < -0.4 is 0 Å². The molecule has 0 aliphatic heterocycles. The predicted molar refractivity (Wildman–Crippen MR) is 53.9 cm³/mol. The standard InChI is InChI=1S/C9H7IO/c10-6-8-5-7-3-1-2-4-9(7)11-8/h1-5H,6H2. The van der Waals surface area contributed by atoms with Gasteiger partial charge in [0.05, 0.1) is 4.43 Å². The first-order valence-electron chi connectivity index (χ1n) is 3.43. The Kier molecular flexibility index (Phi) is 1.85. The summed E-state index contributed by atoms with van der Waals surface area (Å²) in [6.07, 6.45) is 0. The molecule has 2 heteroatoms. The highest BCUT2D eigenvalue weighted by molar-refractivity contribution is 14.1. The molecule has 0 aliphatic carbocycles. The fraction of sp³-hybridized carbons (Fsp3) is 0.111. The van der Waals surface area contributed by atoms with Crippen LogP contribution in [-0.4, -0.2) is 0 Å². The summed E-state index contributed by atoms with van der Waals surface area (Å²) in [4.78, 5) is 0. The van der Waals surface area contributed by atoms with Crippen LogP contribution in [0.4, 0.5) is 0 Å². The molecule has 0 spiro atoms. The molecule has 1 nitrogen and oxygen atoms in total. The molecular weight excluding hydrogens is 251 g/mol. The molecule has 0 fully saturated rings. The van der Waals surface area contributed by atoms with Gasteiger partial charge in [-0.05, 0) is 12.1 Å². The summed E-state index contributed by atoms with van der Waals surface area (Å²) >= 11 is 2.29. The van der Waals surface area contributed by atoms with E-state index in [9.17, 15) is 0 Å². The van der Waals surface area contributed by atoms with E-state index in [0.717, 1.165) is 15.8 Å². The molecule has 0 amide bonds. The van der Waals surface area contributed by atoms with E-state index in [4.69, 9.17) is 4.42 Å². The Morgan fingerprint density at radius 2 is 2.09 bits per heavy atom. The lowest BCUT2D eigenvalue weighted by atomic mass is 10.2. The minimum absolute atomic E-state index is 0.937. The first kappa shape index (κ1) is 7.16. The van der Waals surface area contributed by atoms with Gasteiger partial charge in [-0.1, -0.05) is 40.8 Å². The average Bonchev–Trinajstić information content (AvgIpc) is 2.46. The van der Waals surface area contributed by atoms with E-state index >= 15 is 0 Å². The number of hydrogen-bond acceptors (Lipinski definition) is 1. The number of benzene rings is 1. The van der Waals surface area contributed by atoms with Gasteiger partial charge >= 0.3 is 0 Å². The van der Waals surface area contributed by atoms with Crippen molar-refractivity contribution in [3.63, 3.8) is 0 Å². The Morgan fingerprint density at radius 3 is 2.82 bits per heavy atom. The summed E-state index contributed by atoms with van der Waals surface area (Å²) in [5.41, 5.74) is 0.985. The van der Waals surface area contributed by atoms with Gasteiger partial charge < -0.3 is 4.42 Å². The second-order valence-electron chi connectivity index (χ2n) is 2.38. The van der Waals surface area contributed by atoms with Crippen LogP contribution in [0.5, 0.6) is 0 Å². The van der Waals surface area contributed by atoms with Crippen molar-refractivity contribution >= 4 is 33.6 Å². The van der Waals surface area contributed by atoms with Crippen molar-refractivity contribution in [2.24, 2.45) is 0 Å². The molecule has 0 saturated carbocycles. The fourth-order valence-electron chi connectivity index (χ4n) is 1.10. The maximum Gasteiger partial charge on any atom is 0.134 e. The monoisotopic (exact) mass is 258 g/mol. The van der Waals surface area contributed by atoms with E-state index in [1.54, 1.807) is 0 Å². The van der Waals surface area contributed by atoms with Gasteiger partial charge in [0.25, 0.3) is 0 Å². The molecule has 1 heterocycles. The van der Waals surface area contributed by atoms with Crippen LogP contribution in [0.3, 0.4) is 0 Å². The van der Waals surface area contributed by atoms with Gasteiger partial charge in [-0.25, -0.2) is 0 Å². The van der Waals surface area contributed by atoms with Gasteiger partial charge in [0, 0.05) is 5.39 Å². The van der Waals surface area contributed by atoms with Crippen LogP contribution in [0.2, 0.25) is 0 Å². The van der Waals surface area contributed by atoms with E-state index in [2.05, 4.69) is 34.7 Å². The minimum Gasteiger partial charge on any atom is -0.460 e. The van der Waals surface area contributed by atoms with Gasteiger partial charge in [-0.3, -0.25) is 0 Å². The zero-order chi connectivity index (χ0) is 7.68. The Hall–Kier alpha value is -0.510. The van der Waals surface area contributed by atoms with Crippen molar-refractivity contribution in [1.29, 1.82) is 0 Å². The summed E-state index contributed by atoms with van der Waals surface area (Å²) in [7, 11) is 0. The first-order chi connectivity index (χ1) is 5.40. The van der Waals surface area contributed by atoms with Gasteiger partial charge in [-0.2, -0.15) is 0 Å². The SMILES string of the molecule is ICc1cc2ccccc2o1. The third-order valence-electron chi connectivity index (χ3n) is 1.61. The smallest absolute Gasteiger partial charge is 0.134 e. The van der Waals surface area contributed by atoms with Crippen molar-refractivity contribution in [3.05, 3.63) is 36.1 Å². The fourth-order valence-corrected chi connectivity index (χ4v) is 1.48. The largest absolute Gasteiger partial charge is 0.460 e. The number of halogens is 1. The first-order valence-corrected chi connectivity index (χ1v) is 4.96. The number of hydrogen-bond donors (Lipinski definition) is 0. The number of furan rings is 1. The van der Waals surface area contributed by atoms with E-state index in [1.165, 1.54) is 5.39 Å². The quantitative estimate of drug-likeness (QED) is 0.564. The summed E-state index contributed by atoms with van der Waals surface area (Å²) in [6, 6.07) is 10.2. The highest BCUT2D eigenvalue weighted by Gasteiger charge is 1.99. The molecule has 0 N–H and O–H groups in total. The van der Waals surface area contributed by atoms with E-state index in [0.29, 0.717) is 0 Å². The number of para-hydroxylation sites is 1. The Balaban J connectivity index is 2.69. The topological polar surface area (TPSA) is 13.1 Å². The summed E-state index contributed by atoms with van der Waals surface area (Å²) < 4.78 is 6.45. The van der Waals surface area contributed by atoms with E-state index < -0.39 is 0 Å². The molecule has 11 heavy (non-hydrogen) atoms.